The summed E-state index contributed by atoms with van der Waals surface area (Å²) in [5.74, 6) is 1.80. The van der Waals surface area contributed by atoms with Gasteiger partial charge >= 0.3 is 0 Å². The number of aryl methyl sites for hydroxylation is 1. The lowest BCUT2D eigenvalue weighted by atomic mass is 10.2. The number of imidazole rings is 1. The number of anilines is 1. The Morgan fingerprint density at radius 1 is 0.857 bits per heavy atom. The van der Waals surface area contributed by atoms with E-state index in [1.165, 1.54) is 5.56 Å². The molecule has 0 radical (unpaired) electrons. The molecule has 146 valence electrons. The lowest BCUT2D eigenvalue weighted by molar-refractivity contribution is 0.119. The molecular weight excluding hydrogens is 350 g/mol. The Balaban J connectivity index is 1.22. The van der Waals surface area contributed by atoms with Crippen LogP contribution in [0.3, 0.4) is 0 Å². The molecule has 1 N–H and O–H groups in total. The summed E-state index contributed by atoms with van der Waals surface area (Å²) in [5, 5.41) is 3.27. The summed E-state index contributed by atoms with van der Waals surface area (Å²) in [6.45, 7) is 6.78. The van der Waals surface area contributed by atoms with Gasteiger partial charge in [0.25, 0.3) is 0 Å². The van der Waals surface area contributed by atoms with Crippen molar-refractivity contribution < 1.29 is 0 Å². The van der Waals surface area contributed by atoms with E-state index in [0.717, 1.165) is 57.2 Å². The molecule has 7 heteroatoms. The molecule has 3 heterocycles. The number of hydrogen-bond donors (Lipinski definition) is 1. The van der Waals surface area contributed by atoms with E-state index in [-0.39, 0.29) is 0 Å². The Hall–Kier alpha value is -2.77. The van der Waals surface area contributed by atoms with Crippen LogP contribution < -0.4 is 5.32 Å². The number of aromatic nitrogens is 4. The summed E-state index contributed by atoms with van der Waals surface area (Å²) in [4.78, 5) is 18.3. The molecule has 0 saturated carbocycles. The van der Waals surface area contributed by atoms with E-state index in [2.05, 4.69) is 53.8 Å². The largest absolute Gasteiger partial charge is 0.350 e. The lowest BCUT2D eigenvalue weighted by Crippen LogP contribution is -2.45. The first-order valence-electron chi connectivity index (χ1n) is 9.76. The zero-order valence-corrected chi connectivity index (χ0v) is 16.3. The minimum absolute atomic E-state index is 0.674. The van der Waals surface area contributed by atoms with E-state index in [1.54, 1.807) is 0 Å². The lowest BCUT2D eigenvalue weighted by Gasteiger charge is -2.34. The summed E-state index contributed by atoms with van der Waals surface area (Å²) >= 11 is 0. The van der Waals surface area contributed by atoms with Gasteiger partial charge in [0.1, 0.15) is 5.82 Å². The second-order valence-electron chi connectivity index (χ2n) is 7.26. The Morgan fingerprint density at radius 2 is 1.54 bits per heavy atom. The van der Waals surface area contributed by atoms with E-state index < -0.39 is 0 Å². The molecule has 1 fully saturated rings. The third-order valence-corrected chi connectivity index (χ3v) is 5.16. The zero-order chi connectivity index (χ0) is 19.2. The van der Waals surface area contributed by atoms with Crippen LogP contribution in [0.5, 0.6) is 0 Å². The van der Waals surface area contributed by atoms with Crippen molar-refractivity contribution >= 4 is 5.95 Å². The van der Waals surface area contributed by atoms with E-state index in [9.17, 15) is 0 Å². The van der Waals surface area contributed by atoms with Crippen LogP contribution in [-0.2, 0) is 26.7 Å². The monoisotopic (exact) mass is 377 g/mol. The molecule has 1 aliphatic heterocycles. The van der Waals surface area contributed by atoms with Crippen LogP contribution in [0.1, 0.15) is 17.0 Å². The van der Waals surface area contributed by atoms with Gasteiger partial charge in [-0.3, -0.25) is 9.80 Å². The number of hydrogen-bond acceptors (Lipinski definition) is 6. The summed E-state index contributed by atoms with van der Waals surface area (Å²) in [6, 6.07) is 10.3. The van der Waals surface area contributed by atoms with Crippen LogP contribution >= 0.6 is 0 Å². The van der Waals surface area contributed by atoms with Gasteiger partial charge in [0.05, 0.1) is 6.54 Å². The Bertz CT molecular complexity index is 852. The van der Waals surface area contributed by atoms with E-state index in [1.807, 2.05) is 43.0 Å². The van der Waals surface area contributed by atoms with Crippen molar-refractivity contribution in [1.29, 1.82) is 0 Å². The molecule has 7 nitrogen and oxygen atoms in total. The highest BCUT2D eigenvalue weighted by atomic mass is 15.3. The molecule has 1 aromatic carbocycles. The van der Waals surface area contributed by atoms with E-state index in [0.29, 0.717) is 5.95 Å². The van der Waals surface area contributed by atoms with Crippen molar-refractivity contribution in [3.63, 3.8) is 0 Å². The second kappa shape index (κ2) is 8.95. The molecule has 1 saturated heterocycles. The molecule has 2 aromatic heterocycles. The van der Waals surface area contributed by atoms with Crippen molar-refractivity contribution in [2.24, 2.45) is 7.05 Å². The van der Waals surface area contributed by atoms with Crippen LogP contribution in [0.4, 0.5) is 5.95 Å². The standard InChI is InChI=1S/C21H27N7/c1-26-8-7-22-20(26)17-28-11-9-27(10-12-28)16-19-14-24-21(25-15-19)23-13-18-5-3-2-4-6-18/h2-8,14-15H,9-13,16-17H2,1H3,(H,23,24,25). The van der Waals surface area contributed by atoms with Gasteiger partial charge in [-0.25, -0.2) is 15.0 Å². The highest BCUT2D eigenvalue weighted by Gasteiger charge is 2.18. The molecule has 0 atom stereocenters. The number of benzene rings is 1. The van der Waals surface area contributed by atoms with Crippen molar-refractivity contribution in [2.75, 3.05) is 31.5 Å². The topological polar surface area (TPSA) is 62.1 Å². The van der Waals surface area contributed by atoms with Crippen LogP contribution in [0.2, 0.25) is 0 Å². The molecule has 0 spiro atoms. The molecule has 0 unspecified atom stereocenters. The van der Waals surface area contributed by atoms with Crippen LogP contribution in [0.15, 0.2) is 55.1 Å². The molecule has 4 rings (SSSR count). The zero-order valence-electron chi connectivity index (χ0n) is 16.3. The second-order valence-corrected chi connectivity index (χ2v) is 7.26. The van der Waals surface area contributed by atoms with Gasteiger partial charge in [-0.15, -0.1) is 0 Å². The summed E-state index contributed by atoms with van der Waals surface area (Å²) in [6.07, 6.45) is 7.73. The van der Waals surface area contributed by atoms with Crippen LogP contribution in [0.25, 0.3) is 0 Å². The van der Waals surface area contributed by atoms with E-state index >= 15 is 0 Å². The molecule has 1 aliphatic rings. The normalized spacial score (nSPS) is 15.6. The highest BCUT2D eigenvalue weighted by Crippen LogP contribution is 2.11. The summed E-state index contributed by atoms with van der Waals surface area (Å²) in [5.41, 5.74) is 2.38. The SMILES string of the molecule is Cn1ccnc1CN1CCN(Cc2cnc(NCc3ccccc3)nc2)CC1. The Kier molecular flexibility index (Phi) is 5.94. The van der Waals surface area contributed by atoms with Gasteiger partial charge in [0.15, 0.2) is 0 Å². The van der Waals surface area contributed by atoms with Gasteiger partial charge in [-0.05, 0) is 5.56 Å². The fourth-order valence-electron chi connectivity index (χ4n) is 3.42. The average molecular weight is 377 g/mol. The van der Waals surface area contributed by atoms with Gasteiger partial charge in [-0.1, -0.05) is 30.3 Å². The molecule has 28 heavy (non-hydrogen) atoms. The number of piperazine rings is 1. The van der Waals surface area contributed by atoms with Crippen molar-refractivity contribution in [2.45, 2.75) is 19.6 Å². The minimum atomic E-state index is 0.674. The third-order valence-electron chi connectivity index (χ3n) is 5.16. The van der Waals surface area contributed by atoms with Gasteiger partial charge < -0.3 is 9.88 Å². The maximum Gasteiger partial charge on any atom is 0.222 e. The number of nitrogens with zero attached hydrogens (tertiary/aromatic N) is 6. The Labute approximate surface area is 166 Å². The smallest absolute Gasteiger partial charge is 0.222 e. The average Bonchev–Trinajstić information content (AvgIpc) is 3.14. The number of nitrogens with one attached hydrogen (secondary N) is 1. The highest BCUT2D eigenvalue weighted by molar-refractivity contribution is 5.27. The van der Waals surface area contributed by atoms with Gasteiger partial charge in [0, 0.05) is 76.7 Å². The number of rotatable bonds is 7. The molecule has 3 aromatic rings. The predicted octanol–water partition coefficient (Wildman–Crippen LogP) is 2.14. The third kappa shape index (κ3) is 4.94. The first-order chi connectivity index (χ1) is 13.8. The predicted molar refractivity (Wildman–Crippen MR) is 110 cm³/mol. The maximum absolute atomic E-state index is 4.46. The summed E-state index contributed by atoms with van der Waals surface area (Å²) < 4.78 is 2.09. The van der Waals surface area contributed by atoms with E-state index in [4.69, 9.17) is 0 Å². The summed E-state index contributed by atoms with van der Waals surface area (Å²) in [7, 11) is 2.05. The molecule has 0 bridgehead atoms. The maximum atomic E-state index is 4.46. The van der Waals surface area contributed by atoms with Crippen LogP contribution in [-0.4, -0.2) is 55.5 Å². The first kappa shape index (κ1) is 18.6. The Morgan fingerprint density at radius 3 is 2.18 bits per heavy atom. The molecule has 0 amide bonds. The van der Waals surface area contributed by atoms with Crippen molar-refractivity contribution in [3.05, 3.63) is 72.1 Å². The fourth-order valence-corrected chi connectivity index (χ4v) is 3.42. The molecular formula is C21H27N7. The van der Waals surface area contributed by atoms with Gasteiger partial charge in [0.2, 0.25) is 5.95 Å². The molecule has 0 aliphatic carbocycles. The quantitative estimate of drug-likeness (QED) is 0.681. The van der Waals surface area contributed by atoms with Gasteiger partial charge in [-0.2, -0.15) is 0 Å². The first-order valence-corrected chi connectivity index (χ1v) is 9.76. The minimum Gasteiger partial charge on any atom is -0.350 e. The van der Waals surface area contributed by atoms with Crippen LogP contribution in [0, 0.1) is 0 Å². The van der Waals surface area contributed by atoms with Crippen molar-refractivity contribution in [3.8, 4) is 0 Å². The fraction of sp³-hybridized carbons (Fsp3) is 0.381. The van der Waals surface area contributed by atoms with Crippen molar-refractivity contribution in [1.82, 2.24) is 29.3 Å².